The highest BCUT2D eigenvalue weighted by Gasteiger charge is 2.14. The van der Waals surface area contributed by atoms with E-state index in [-0.39, 0.29) is 6.10 Å². The predicted octanol–water partition coefficient (Wildman–Crippen LogP) is 2.28. The molecule has 1 heterocycles. The Morgan fingerprint density at radius 3 is 3.05 bits per heavy atom. The van der Waals surface area contributed by atoms with Gasteiger partial charge in [-0.15, -0.1) is 0 Å². The molecule has 0 aliphatic carbocycles. The van der Waals surface area contributed by atoms with Crippen LogP contribution in [-0.4, -0.2) is 30.6 Å². The molecule has 1 aromatic carbocycles. The van der Waals surface area contributed by atoms with E-state index in [1.165, 1.54) is 11.1 Å². The minimum atomic E-state index is 0.276. The number of hydrazone groups is 1. The molecule has 0 amide bonds. The molecule has 1 atom stereocenters. The Hall–Kier alpha value is -1.46. The summed E-state index contributed by atoms with van der Waals surface area (Å²) < 4.78 is 5.52. The second kappa shape index (κ2) is 7.36. The molecule has 0 radical (unpaired) electrons. The van der Waals surface area contributed by atoms with Crippen molar-refractivity contribution in [1.29, 1.82) is 0 Å². The molecule has 2 N–H and O–H groups in total. The van der Waals surface area contributed by atoms with Gasteiger partial charge in [0.1, 0.15) is 0 Å². The largest absolute Gasteiger partial charge is 0.376 e. The second-order valence-corrected chi connectivity index (χ2v) is 5.48. The average Bonchev–Trinajstić information content (AvgIpc) is 2.92. The molecule has 1 saturated heterocycles. The van der Waals surface area contributed by atoms with Crippen LogP contribution in [0.4, 0.5) is 0 Å². The molecule has 0 saturated carbocycles. The maximum absolute atomic E-state index is 5.52. The number of nitrogens with one attached hydrogen (secondary N) is 2. The molecule has 0 aromatic heterocycles. The first-order valence-corrected chi connectivity index (χ1v) is 7.32. The maximum atomic E-state index is 5.52. The lowest BCUT2D eigenvalue weighted by atomic mass is 10.1. The molecule has 1 aliphatic rings. The van der Waals surface area contributed by atoms with Gasteiger partial charge in [0.15, 0.2) is 5.11 Å². The summed E-state index contributed by atoms with van der Waals surface area (Å²) >= 11 is 5.17. The van der Waals surface area contributed by atoms with Gasteiger partial charge in [-0.25, -0.2) is 0 Å². The van der Waals surface area contributed by atoms with Gasteiger partial charge in [-0.2, -0.15) is 5.10 Å². The van der Waals surface area contributed by atoms with Gasteiger partial charge >= 0.3 is 0 Å². The van der Waals surface area contributed by atoms with E-state index in [9.17, 15) is 0 Å². The zero-order chi connectivity index (χ0) is 14.4. The highest BCUT2D eigenvalue weighted by atomic mass is 32.1. The highest BCUT2D eigenvalue weighted by Crippen LogP contribution is 2.10. The Morgan fingerprint density at radius 1 is 1.50 bits per heavy atom. The Bertz CT molecular complexity index is 496. The van der Waals surface area contributed by atoms with E-state index >= 15 is 0 Å². The van der Waals surface area contributed by atoms with Gasteiger partial charge in [0.2, 0.25) is 0 Å². The molecule has 1 aliphatic heterocycles. The van der Waals surface area contributed by atoms with E-state index in [0.717, 1.165) is 31.6 Å². The van der Waals surface area contributed by atoms with E-state index < -0.39 is 0 Å². The number of benzene rings is 1. The van der Waals surface area contributed by atoms with Crippen molar-refractivity contribution in [3.63, 3.8) is 0 Å². The van der Waals surface area contributed by atoms with Crippen LogP contribution in [-0.2, 0) is 4.74 Å². The summed E-state index contributed by atoms with van der Waals surface area (Å²) in [5.74, 6) is 0. The van der Waals surface area contributed by atoms with Crippen molar-refractivity contribution >= 4 is 23.5 Å². The van der Waals surface area contributed by atoms with Gasteiger partial charge in [-0.05, 0) is 50.0 Å². The fourth-order valence-corrected chi connectivity index (χ4v) is 2.32. The first-order valence-electron chi connectivity index (χ1n) is 6.91. The number of aryl methyl sites for hydroxylation is 2. The molecule has 4 nitrogen and oxygen atoms in total. The predicted molar refractivity (Wildman–Crippen MR) is 86.2 cm³/mol. The molecule has 1 fully saturated rings. The summed E-state index contributed by atoms with van der Waals surface area (Å²) in [5, 5.41) is 7.80. The summed E-state index contributed by atoms with van der Waals surface area (Å²) in [4.78, 5) is 0. The Morgan fingerprint density at radius 2 is 2.35 bits per heavy atom. The lowest BCUT2D eigenvalue weighted by Gasteiger charge is -2.11. The van der Waals surface area contributed by atoms with Crippen LogP contribution < -0.4 is 10.7 Å². The monoisotopic (exact) mass is 291 g/mol. The first kappa shape index (κ1) is 14.9. The zero-order valence-corrected chi connectivity index (χ0v) is 12.8. The third kappa shape index (κ3) is 4.58. The second-order valence-electron chi connectivity index (χ2n) is 5.08. The van der Waals surface area contributed by atoms with Crippen molar-refractivity contribution in [2.75, 3.05) is 13.2 Å². The molecule has 0 bridgehead atoms. The summed E-state index contributed by atoms with van der Waals surface area (Å²) in [7, 11) is 0. The van der Waals surface area contributed by atoms with Gasteiger partial charge in [-0.3, -0.25) is 5.43 Å². The molecule has 5 heteroatoms. The zero-order valence-electron chi connectivity index (χ0n) is 12.0. The molecular formula is C15H21N3OS. The smallest absolute Gasteiger partial charge is 0.187 e. The minimum absolute atomic E-state index is 0.276. The van der Waals surface area contributed by atoms with E-state index in [2.05, 4.69) is 47.9 Å². The van der Waals surface area contributed by atoms with Crippen molar-refractivity contribution in [3.8, 4) is 0 Å². The van der Waals surface area contributed by atoms with Gasteiger partial charge in [0, 0.05) is 13.2 Å². The van der Waals surface area contributed by atoms with Gasteiger partial charge in [0.05, 0.1) is 12.3 Å². The van der Waals surface area contributed by atoms with Crippen LogP contribution in [0.15, 0.2) is 23.3 Å². The van der Waals surface area contributed by atoms with Crippen molar-refractivity contribution in [3.05, 3.63) is 34.9 Å². The number of ether oxygens (including phenoxy) is 1. The lowest BCUT2D eigenvalue weighted by Crippen LogP contribution is -2.37. The SMILES string of the molecule is Cc1ccc(/C=N/NC(=S)NCC2CCCO2)c(C)c1. The summed E-state index contributed by atoms with van der Waals surface area (Å²) in [6.45, 7) is 5.75. The van der Waals surface area contributed by atoms with Crippen LogP contribution in [0.2, 0.25) is 0 Å². The van der Waals surface area contributed by atoms with Gasteiger partial charge in [-0.1, -0.05) is 23.8 Å². The molecule has 1 unspecified atom stereocenters. The van der Waals surface area contributed by atoms with Gasteiger partial charge in [0.25, 0.3) is 0 Å². The molecular weight excluding hydrogens is 270 g/mol. The number of nitrogens with zero attached hydrogens (tertiary/aromatic N) is 1. The summed E-state index contributed by atoms with van der Waals surface area (Å²) in [6, 6.07) is 6.26. The average molecular weight is 291 g/mol. The third-order valence-corrected chi connectivity index (χ3v) is 3.54. The van der Waals surface area contributed by atoms with Crippen LogP contribution in [0.3, 0.4) is 0 Å². The Balaban J connectivity index is 1.75. The number of hydrogen-bond acceptors (Lipinski definition) is 3. The molecule has 108 valence electrons. The molecule has 2 rings (SSSR count). The quantitative estimate of drug-likeness (QED) is 0.507. The summed E-state index contributed by atoms with van der Waals surface area (Å²) in [5.41, 5.74) is 6.37. The van der Waals surface area contributed by atoms with Crippen molar-refractivity contribution in [1.82, 2.24) is 10.7 Å². The number of rotatable bonds is 4. The van der Waals surface area contributed by atoms with Crippen LogP contribution in [0.25, 0.3) is 0 Å². The van der Waals surface area contributed by atoms with E-state index in [1.807, 2.05) is 0 Å². The molecule has 0 spiro atoms. The van der Waals surface area contributed by atoms with Crippen molar-refractivity contribution < 1.29 is 4.74 Å². The van der Waals surface area contributed by atoms with E-state index in [4.69, 9.17) is 17.0 Å². The van der Waals surface area contributed by atoms with Gasteiger partial charge < -0.3 is 10.1 Å². The fraction of sp³-hybridized carbons (Fsp3) is 0.467. The standard InChI is InChI=1S/C15H21N3OS/c1-11-5-6-13(12(2)8-11)9-17-18-15(20)16-10-14-4-3-7-19-14/h5-6,8-9,14H,3-4,7,10H2,1-2H3,(H2,16,18,20)/b17-9+. The van der Waals surface area contributed by atoms with E-state index in [1.54, 1.807) is 6.21 Å². The van der Waals surface area contributed by atoms with Crippen LogP contribution in [0, 0.1) is 13.8 Å². The summed E-state index contributed by atoms with van der Waals surface area (Å²) in [6.07, 6.45) is 4.30. The van der Waals surface area contributed by atoms with E-state index in [0.29, 0.717) is 5.11 Å². The number of hydrogen-bond donors (Lipinski definition) is 2. The molecule has 1 aromatic rings. The first-order chi connectivity index (χ1) is 9.65. The van der Waals surface area contributed by atoms with Crippen molar-refractivity contribution in [2.45, 2.75) is 32.8 Å². The highest BCUT2D eigenvalue weighted by molar-refractivity contribution is 7.80. The Kier molecular flexibility index (Phi) is 5.49. The lowest BCUT2D eigenvalue weighted by molar-refractivity contribution is 0.114. The fourth-order valence-electron chi connectivity index (χ4n) is 2.18. The maximum Gasteiger partial charge on any atom is 0.187 e. The minimum Gasteiger partial charge on any atom is -0.376 e. The van der Waals surface area contributed by atoms with Crippen LogP contribution >= 0.6 is 12.2 Å². The van der Waals surface area contributed by atoms with Crippen LogP contribution in [0.5, 0.6) is 0 Å². The number of thiocarbonyl (C=S) groups is 1. The van der Waals surface area contributed by atoms with Crippen molar-refractivity contribution in [2.24, 2.45) is 5.10 Å². The van der Waals surface area contributed by atoms with Crippen LogP contribution in [0.1, 0.15) is 29.5 Å². The molecule has 20 heavy (non-hydrogen) atoms. The topological polar surface area (TPSA) is 45.7 Å². The normalized spacial score (nSPS) is 18.4. The third-order valence-electron chi connectivity index (χ3n) is 3.31. The Labute approximate surface area is 125 Å².